The van der Waals surface area contributed by atoms with Gasteiger partial charge in [-0.05, 0) is 30.9 Å². The standard InChI is InChI=1S/C27H39N5O4/c1-17(2)15-32-25-24(26(34)31(3)27(32)35)29-21(11-5-4-8-14-33)22(30-25)16-36-23-13-12-20(28)18-9-6-7-10-19(18)23/h6-7,9-10,12-13,17,21-22,24-25,29-30,33H,4-5,8,11,14-16,28H2,1-3H3. The molecular weight excluding hydrogens is 458 g/mol. The predicted octanol–water partition coefficient (Wildman–Crippen LogP) is 2.53. The van der Waals surface area contributed by atoms with Gasteiger partial charge in [0.2, 0.25) is 0 Å². The summed E-state index contributed by atoms with van der Waals surface area (Å²) in [5.74, 6) is 0.782. The maximum Gasteiger partial charge on any atom is 0.327 e. The summed E-state index contributed by atoms with van der Waals surface area (Å²) in [6.45, 7) is 5.21. The van der Waals surface area contributed by atoms with Crippen molar-refractivity contribution < 1.29 is 19.4 Å². The number of amides is 3. The average Bonchev–Trinajstić information content (AvgIpc) is 2.87. The van der Waals surface area contributed by atoms with Gasteiger partial charge in [0.05, 0.1) is 6.04 Å². The number of anilines is 1. The Kier molecular flexibility index (Phi) is 8.33. The highest BCUT2D eigenvalue weighted by Gasteiger charge is 2.50. The minimum absolute atomic E-state index is 0.0311. The fourth-order valence-corrected chi connectivity index (χ4v) is 5.25. The molecule has 0 spiro atoms. The molecule has 0 bridgehead atoms. The van der Waals surface area contributed by atoms with E-state index in [2.05, 4.69) is 24.5 Å². The molecule has 3 amide bonds. The lowest BCUT2D eigenvalue weighted by molar-refractivity contribution is -0.138. The number of piperazine rings is 1. The van der Waals surface area contributed by atoms with Crippen LogP contribution in [0.1, 0.15) is 39.5 Å². The molecule has 2 saturated heterocycles. The largest absolute Gasteiger partial charge is 0.491 e. The number of benzene rings is 2. The molecule has 0 saturated carbocycles. The number of aliphatic hydroxyl groups excluding tert-OH is 1. The molecule has 4 unspecified atom stereocenters. The first-order chi connectivity index (χ1) is 17.3. The average molecular weight is 498 g/mol. The van der Waals surface area contributed by atoms with Crippen molar-refractivity contribution in [1.82, 2.24) is 20.4 Å². The number of urea groups is 1. The predicted molar refractivity (Wildman–Crippen MR) is 141 cm³/mol. The van der Waals surface area contributed by atoms with Crippen molar-refractivity contribution in [2.24, 2.45) is 5.92 Å². The zero-order valence-electron chi connectivity index (χ0n) is 21.4. The Hall–Kier alpha value is -2.88. The molecule has 196 valence electrons. The van der Waals surface area contributed by atoms with Crippen LogP contribution in [0.25, 0.3) is 10.8 Å². The van der Waals surface area contributed by atoms with Crippen molar-refractivity contribution in [3.8, 4) is 5.75 Å². The molecule has 0 aromatic heterocycles. The van der Waals surface area contributed by atoms with Crippen LogP contribution in [-0.2, 0) is 4.79 Å². The molecule has 2 aliphatic heterocycles. The zero-order chi connectivity index (χ0) is 25.8. The van der Waals surface area contributed by atoms with E-state index >= 15 is 0 Å². The molecule has 4 atom stereocenters. The third-order valence-corrected chi connectivity index (χ3v) is 7.12. The monoisotopic (exact) mass is 497 g/mol. The molecule has 9 heteroatoms. The van der Waals surface area contributed by atoms with Crippen molar-refractivity contribution >= 4 is 28.4 Å². The third-order valence-electron chi connectivity index (χ3n) is 7.12. The smallest absolute Gasteiger partial charge is 0.327 e. The highest BCUT2D eigenvalue weighted by atomic mass is 16.5. The van der Waals surface area contributed by atoms with Crippen molar-refractivity contribution in [3.63, 3.8) is 0 Å². The summed E-state index contributed by atoms with van der Waals surface area (Å²) in [6.07, 6.45) is 2.95. The van der Waals surface area contributed by atoms with Crippen LogP contribution < -0.4 is 21.1 Å². The molecule has 0 radical (unpaired) electrons. The molecular formula is C27H39N5O4. The molecule has 2 aromatic rings. The fourth-order valence-electron chi connectivity index (χ4n) is 5.25. The Morgan fingerprint density at radius 3 is 2.50 bits per heavy atom. The van der Waals surface area contributed by atoms with Gasteiger partial charge in [-0.2, -0.15) is 0 Å². The van der Waals surface area contributed by atoms with E-state index in [0.29, 0.717) is 18.8 Å². The number of aliphatic hydroxyl groups is 1. The molecule has 5 N–H and O–H groups in total. The van der Waals surface area contributed by atoms with Crippen LogP contribution >= 0.6 is 0 Å². The summed E-state index contributed by atoms with van der Waals surface area (Å²) in [7, 11) is 1.55. The van der Waals surface area contributed by atoms with Crippen LogP contribution in [0.2, 0.25) is 0 Å². The molecule has 4 rings (SSSR count). The summed E-state index contributed by atoms with van der Waals surface area (Å²) in [6, 6.07) is 10.7. The third kappa shape index (κ3) is 5.43. The first-order valence-electron chi connectivity index (χ1n) is 12.9. The maximum atomic E-state index is 13.1. The molecule has 0 aliphatic carbocycles. The quantitative estimate of drug-likeness (QED) is 0.294. The molecule has 9 nitrogen and oxygen atoms in total. The van der Waals surface area contributed by atoms with Crippen molar-refractivity contribution in [2.75, 3.05) is 32.5 Å². The van der Waals surface area contributed by atoms with Gasteiger partial charge in [0.1, 0.15) is 24.6 Å². The normalized spacial score (nSPS) is 24.5. The topological polar surface area (TPSA) is 120 Å². The first kappa shape index (κ1) is 26.2. The van der Waals surface area contributed by atoms with Crippen LogP contribution in [0.5, 0.6) is 5.75 Å². The molecule has 2 fully saturated rings. The molecule has 36 heavy (non-hydrogen) atoms. The number of carbonyl (C=O) groups is 2. The summed E-state index contributed by atoms with van der Waals surface area (Å²) in [5.41, 5.74) is 6.86. The van der Waals surface area contributed by atoms with E-state index in [4.69, 9.17) is 10.5 Å². The van der Waals surface area contributed by atoms with Crippen LogP contribution in [0.3, 0.4) is 0 Å². The number of fused-ring (bicyclic) bond motifs is 2. The highest BCUT2D eigenvalue weighted by Crippen LogP contribution is 2.31. The van der Waals surface area contributed by atoms with Crippen LogP contribution in [0.4, 0.5) is 10.5 Å². The van der Waals surface area contributed by atoms with Gasteiger partial charge in [-0.1, -0.05) is 51.0 Å². The highest BCUT2D eigenvalue weighted by molar-refractivity contribution is 6.00. The van der Waals surface area contributed by atoms with Gasteiger partial charge < -0.3 is 20.5 Å². The fraction of sp³-hybridized carbons (Fsp3) is 0.556. The van der Waals surface area contributed by atoms with Crippen LogP contribution in [0, 0.1) is 5.92 Å². The number of carbonyl (C=O) groups excluding carboxylic acids is 2. The van der Waals surface area contributed by atoms with E-state index in [0.717, 1.165) is 42.2 Å². The second-order valence-electron chi connectivity index (χ2n) is 10.3. The number of unbranched alkanes of at least 4 members (excludes halogenated alkanes) is 2. The number of nitrogens with zero attached hydrogens (tertiary/aromatic N) is 2. The Balaban J connectivity index is 1.57. The van der Waals surface area contributed by atoms with E-state index in [1.54, 1.807) is 11.9 Å². The van der Waals surface area contributed by atoms with Crippen LogP contribution in [0.15, 0.2) is 36.4 Å². The number of hydrogen-bond donors (Lipinski definition) is 4. The Bertz CT molecular complexity index is 1080. The summed E-state index contributed by atoms with van der Waals surface area (Å²) >= 11 is 0. The van der Waals surface area contributed by atoms with Gasteiger partial charge in [-0.15, -0.1) is 0 Å². The number of nitrogens with one attached hydrogen (secondary N) is 2. The summed E-state index contributed by atoms with van der Waals surface area (Å²) < 4.78 is 6.35. The molecule has 2 aliphatic rings. The Morgan fingerprint density at radius 2 is 1.78 bits per heavy atom. The number of ether oxygens (including phenoxy) is 1. The first-order valence-corrected chi connectivity index (χ1v) is 12.9. The minimum Gasteiger partial charge on any atom is -0.491 e. The van der Waals surface area contributed by atoms with E-state index in [1.165, 1.54) is 4.90 Å². The summed E-state index contributed by atoms with van der Waals surface area (Å²) in [4.78, 5) is 29.1. The van der Waals surface area contributed by atoms with Crippen molar-refractivity contribution in [2.45, 2.75) is 63.8 Å². The minimum atomic E-state index is -0.525. The van der Waals surface area contributed by atoms with E-state index in [-0.39, 0.29) is 36.5 Å². The van der Waals surface area contributed by atoms with Crippen LogP contribution in [-0.4, -0.2) is 77.9 Å². The molecule has 2 aromatic carbocycles. The van der Waals surface area contributed by atoms with Gasteiger partial charge in [-0.25, -0.2) is 4.79 Å². The van der Waals surface area contributed by atoms with Crippen molar-refractivity contribution in [3.05, 3.63) is 36.4 Å². The Labute approximate surface area is 212 Å². The zero-order valence-corrected chi connectivity index (χ0v) is 21.4. The lowest BCUT2D eigenvalue weighted by Crippen LogP contribution is -2.79. The number of hydrogen-bond acceptors (Lipinski definition) is 7. The maximum absolute atomic E-state index is 13.1. The van der Waals surface area contributed by atoms with E-state index in [1.807, 2.05) is 36.4 Å². The van der Waals surface area contributed by atoms with Gasteiger partial charge in [0.25, 0.3) is 5.91 Å². The Morgan fingerprint density at radius 1 is 1.03 bits per heavy atom. The summed E-state index contributed by atoms with van der Waals surface area (Å²) in [5, 5.41) is 18.2. The lowest BCUT2D eigenvalue weighted by atomic mass is 9.93. The number of nitrogens with two attached hydrogens (primary N) is 1. The van der Waals surface area contributed by atoms with Gasteiger partial charge in [0.15, 0.2) is 0 Å². The van der Waals surface area contributed by atoms with Gasteiger partial charge in [-0.3, -0.25) is 20.3 Å². The number of likely N-dealkylation sites (N-methyl/N-ethyl adjacent to an activating group) is 1. The van der Waals surface area contributed by atoms with E-state index in [9.17, 15) is 14.7 Å². The number of imide groups is 1. The second kappa shape index (κ2) is 11.5. The van der Waals surface area contributed by atoms with Gasteiger partial charge >= 0.3 is 6.03 Å². The SMILES string of the molecule is CC(C)CN1C(=O)N(C)C(=O)C2NC(CCCCCO)C(COc3ccc(N)c4ccccc34)NC21. The van der Waals surface area contributed by atoms with Crippen molar-refractivity contribution in [1.29, 1.82) is 0 Å². The lowest BCUT2D eigenvalue weighted by Gasteiger charge is -2.51. The number of nitrogen functional groups attached to an aromatic ring is 1. The second-order valence-corrected chi connectivity index (χ2v) is 10.3. The number of rotatable bonds is 10. The van der Waals surface area contributed by atoms with E-state index < -0.39 is 12.2 Å². The van der Waals surface area contributed by atoms with Gasteiger partial charge in [0, 0.05) is 42.7 Å². The molecule has 2 heterocycles.